The molecule has 23 heavy (non-hydrogen) atoms. The van der Waals surface area contributed by atoms with Crippen molar-refractivity contribution in [3.63, 3.8) is 0 Å². The molecule has 1 unspecified atom stereocenters. The Balaban J connectivity index is 2.49. The molecule has 1 aromatic carbocycles. The highest BCUT2D eigenvalue weighted by atomic mass is 32.2. The average Bonchev–Trinajstić information content (AvgIpc) is 2.48. The fraction of sp³-hybridized carbons (Fsp3) is 0.462. The number of halogens is 3. The normalized spacial score (nSPS) is 19.7. The van der Waals surface area contributed by atoms with E-state index in [2.05, 4.69) is 4.74 Å². The van der Waals surface area contributed by atoms with Crippen LogP contribution >= 0.6 is 0 Å². The Bertz CT molecular complexity index is 695. The van der Waals surface area contributed by atoms with Crippen molar-refractivity contribution in [2.75, 3.05) is 6.54 Å². The Labute approximate surface area is 130 Å². The predicted molar refractivity (Wildman–Crippen MR) is 72.2 cm³/mol. The average molecular weight is 353 g/mol. The van der Waals surface area contributed by atoms with Crippen LogP contribution in [-0.4, -0.2) is 43.0 Å². The van der Waals surface area contributed by atoms with Crippen molar-refractivity contribution in [2.45, 2.75) is 36.8 Å². The smallest absolute Gasteiger partial charge is 0.387 e. The molecule has 1 atom stereocenters. The summed E-state index contributed by atoms with van der Waals surface area (Å²) in [6, 6.07) is 0.771. The van der Waals surface area contributed by atoms with Gasteiger partial charge < -0.3 is 9.84 Å². The van der Waals surface area contributed by atoms with Gasteiger partial charge in [-0.05, 0) is 37.5 Å². The second kappa shape index (κ2) is 6.75. The first-order chi connectivity index (χ1) is 10.7. The molecule has 1 fully saturated rings. The van der Waals surface area contributed by atoms with E-state index in [0.717, 1.165) is 12.1 Å². The van der Waals surface area contributed by atoms with Crippen molar-refractivity contribution < 1.29 is 36.2 Å². The van der Waals surface area contributed by atoms with Gasteiger partial charge in [-0.1, -0.05) is 0 Å². The number of aliphatic carboxylic acids is 1. The predicted octanol–water partition coefficient (Wildman–Crippen LogP) is 2.05. The summed E-state index contributed by atoms with van der Waals surface area (Å²) in [6.07, 6.45) is 1.03. The molecular formula is C13H14F3NO5S. The monoisotopic (exact) mass is 353 g/mol. The summed E-state index contributed by atoms with van der Waals surface area (Å²) in [6.45, 7) is -3.39. The molecule has 10 heteroatoms. The maximum absolute atomic E-state index is 13.4. The molecule has 2 rings (SSSR count). The largest absolute Gasteiger partial charge is 0.480 e. The minimum absolute atomic E-state index is 0.0922. The quantitative estimate of drug-likeness (QED) is 0.876. The Morgan fingerprint density at radius 3 is 2.65 bits per heavy atom. The third kappa shape index (κ3) is 3.75. The molecule has 128 valence electrons. The van der Waals surface area contributed by atoms with Crippen LogP contribution in [0.25, 0.3) is 0 Å². The van der Waals surface area contributed by atoms with Gasteiger partial charge in [0, 0.05) is 6.54 Å². The van der Waals surface area contributed by atoms with Gasteiger partial charge in [-0.15, -0.1) is 0 Å². The Morgan fingerprint density at radius 2 is 2.04 bits per heavy atom. The van der Waals surface area contributed by atoms with E-state index in [9.17, 15) is 26.4 Å². The van der Waals surface area contributed by atoms with Gasteiger partial charge in [-0.3, -0.25) is 4.79 Å². The Hall–Kier alpha value is -1.81. The van der Waals surface area contributed by atoms with Gasteiger partial charge in [0.15, 0.2) is 0 Å². The second-order valence-corrected chi connectivity index (χ2v) is 6.79. The van der Waals surface area contributed by atoms with Crippen molar-refractivity contribution in [1.82, 2.24) is 4.31 Å². The number of nitrogens with zero attached hydrogens (tertiary/aromatic N) is 1. The molecule has 0 bridgehead atoms. The number of alkyl halides is 2. The van der Waals surface area contributed by atoms with E-state index in [1.165, 1.54) is 0 Å². The number of rotatable bonds is 5. The van der Waals surface area contributed by atoms with E-state index in [0.29, 0.717) is 23.2 Å². The van der Waals surface area contributed by atoms with E-state index in [1.807, 2.05) is 0 Å². The van der Waals surface area contributed by atoms with Gasteiger partial charge in [0.2, 0.25) is 10.0 Å². The minimum atomic E-state index is -4.50. The van der Waals surface area contributed by atoms with Crippen LogP contribution in [0.15, 0.2) is 23.1 Å². The zero-order chi connectivity index (χ0) is 17.2. The molecule has 1 aliphatic heterocycles. The molecule has 1 N–H and O–H groups in total. The Kier molecular flexibility index (Phi) is 5.15. The lowest BCUT2D eigenvalue weighted by atomic mass is 10.1. The van der Waals surface area contributed by atoms with Crippen molar-refractivity contribution in [3.8, 4) is 5.75 Å². The molecule has 0 aliphatic carbocycles. The van der Waals surface area contributed by atoms with Gasteiger partial charge in [0.25, 0.3) is 0 Å². The second-order valence-electron chi connectivity index (χ2n) is 4.94. The van der Waals surface area contributed by atoms with Crippen molar-refractivity contribution in [1.29, 1.82) is 0 Å². The van der Waals surface area contributed by atoms with Crippen molar-refractivity contribution in [2.24, 2.45) is 0 Å². The van der Waals surface area contributed by atoms with E-state index >= 15 is 0 Å². The number of carboxylic acids is 1. The zero-order valence-corrected chi connectivity index (χ0v) is 12.6. The van der Waals surface area contributed by atoms with Crippen LogP contribution in [0.2, 0.25) is 0 Å². The van der Waals surface area contributed by atoms with Crippen molar-refractivity contribution >= 4 is 16.0 Å². The Morgan fingerprint density at radius 1 is 1.35 bits per heavy atom. The molecule has 1 saturated heterocycles. The number of hydrogen-bond acceptors (Lipinski definition) is 4. The highest BCUT2D eigenvalue weighted by molar-refractivity contribution is 7.89. The van der Waals surface area contributed by atoms with Crippen LogP contribution in [0.5, 0.6) is 5.75 Å². The standard InChI is InChI=1S/C13H14F3NO5S/c14-8-4-5-10(22-13(15)16)11(7-8)23(20,21)17-6-2-1-3-9(17)12(18)19/h4-5,7,9,13H,1-3,6H2,(H,18,19). The number of ether oxygens (including phenoxy) is 1. The maximum Gasteiger partial charge on any atom is 0.387 e. The van der Waals surface area contributed by atoms with Gasteiger partial charge in [0.05, 0.1) is 0 Å². The first kappa shape index (κ1) is 17.5. The summed E-state index contributed by atoms with van der Waals surface area (Å²) >= 11 is 0. The summed E-state index contributed by atoms with van der Waals surface area (Å²) < 4.78 is 68.3. The molecule has 1 heterocycles. The molecule has 0 radical (unpaired) electrons. The van der Waals surface area contributed by atoms with Gasteiger partial charge >= 0.3 is 12.6 Å². The fourth-order valence-corrected chi connectivity index (χ4v) is 4.23. The third-order valence-corrected chi connectivity index (χ3v) is 5.38. The summed E-state index contributed by atoms with van der Waals surface area (Å²) in [5.74, 6) is -3.04. The zero-order valence-electron chi connectivity index (χ0n) is 11.8. The number of carbonyl (C=O) groups is 1. The SMILES string of the molecule is O=C(O)C1CCCCN1S(=O)(=O)c1cc(F)ccc1OC(F)F. The third-order valence-electron chi connectivity index (χ3n) is 3.45. The van der Waals surface area contributed by atoms with Gasteiger partial charge in [-0.25, -0.2) is 12.8 Å². The summed E-state index contributed by atoms with van der Waals surface area (Å²) in [5.41, 5.74) is 0. The van der Waals surface area contributed by atoms with Gasteiger partial charge in [-0.2, -0.15) is 13.1 Å². The maximum atomic E-state index is 13.4. The fourth-order valence-electron chi connectivity index (χ4n) is 2.44. The first-order valence-electron chi connectivity index (χ1n) is 6.72. The summed E-state index contributed by atoms with van der Waals surface area (Å²) in [4.78, 5) is 10.4. The minimum Gasteiger partial charge on any atom is -0.480 e. The molecule has 0 saturated carbocycles. The van der Waals surface area contributed by atoms with Crippen LogP contribution in [0.3, 0.4) is 0 Å². The number of carboxylic acid groups (broad SMARTS) is 1. The molecule has 1 aromatic rings. The highest BCUT2D eigenvalue weighted by Crippen LogP contribution is 2.32. The van der Waals surface area contributed by atoms with Crippen LogP contribution in [0, 0.1) is 5.82 Å². The van der Waals surface area contributed by atoms with E-state index in [-0.39, 0.29) is 13.0 Å². The van der Waals surface area contributed by atoms with Crippen molar-refractivity contribution in [3.05, 3.63) is 24.0 Å². The lowest BCUT2D eigenvalue weighted by Gasteiger charge is -2.32. The van der Waals surface area contributed by atoms with Crippen LogP contribution in [0.4, 0.5) is 13.2 Å². The number of piperidine rings is 1. The number of benzene rings is 1. The molecule has 6 nitrogen and oxygen atoms in total. The van der Waals surface area contributed by atoms with E-state index < -0.39 is 45.1 Å². The van der Waals surface area contributed by atoms with Crippen LogP contribution in [-0.2, 0) is 14.8 Å². The lowest BCUT2D eigenvalue weighted by Crippen LogP contribution is -2.47. The number of hydrogen-bond donors (Lipinski definition) is 1. The summed E-state index contributed by atoms with van der Waals surface area (Å²) in [7, 11) is -4.50. The van der Waals surface area contributed by atoms with Crippen LogP contribution in [0.1, 0.15) is 19.3 Å². The van der Waals surface area contributed by atoms with E-state index in [4.69, 9.17) is 5.11 Å². The molecule has 0 spiro atoms. The lowest BCUT2D eigenvalue weighted by molar-refractivity contribution is -0.142. The topological polar surface area (TPSA) is 83.9 Å². The summed E-state index contributed by atoms with van der Waals surface area (Å²) in [5, 5.41) is 9.16. The number of sulfonamides is 1. The first-order valence-corrected chi connectivity index (χ1v) is 8.16. The molecular weight excluding hydrogens is 339 g/mol. The van der Waals surface area contributed by atoms with Gasteiger partial charge in [0.1, 0.15) is 22.5 Å². The molecule has 1 aliphatic rings. The molecule has 0 amide bonds. The molecule has 0 aromatic heterocycles. The van der Waals surface area contributed by atoms with Crippen LogP contribution < -0.4 is 4.74 Å². The highest BCUT2D eigenvalue weighted by Gasteiger charge is 2.39. The van der Waals surface area contributed by atoms with E-state index in [1.54, 1.807) is 0 Å².